The zero-order valence-electron chi connectivity index (χ0n) is 13.1. The second kappa shape index (κ2) is 7.20. The van der Waals surface area contributed by atoms with Gasteiger partial charge in [-0.15, -0.1) is 0 Å². The summed E-state index contributed by atoms with van der Waals surface area (Å²) < 4.78 is 7.52. The molecule has 0 spiro atoms. The number of hydrogen-bond donors (Lipinski definition) is 1. The monoisotopic (exact) mass is 280 g/mol. The Kier molecular flexibility index (Phi) is 5.57. The first-order valence-electron chi connectivity index (χ1n) is 7.67. The maximum absolute atomic E-state index is 5.43. The number of nitrogens with zero attached hydrogens (tertiary/aromatic N) is 3. The Morgan fingerprint density at radius 3 is 2.80 bits per heavy atom. The highest BCUT2D eigenvalue weighted by Crippen LogP contribution is 2.15. The van der Waals surface area contributed by atoms with Gasteiger partial charge in [0, 0.05) is 44.5 Å². The van der Waals surface area contributed by atoms with Crippen LogP contribution in [0, 0.1) is 0 Å². The van der Waals surface area contributed by atoms with Crippen molar-refractivity contribution in [3.63, 3.8) is 0 Å². The van der Waals surface area contributed by atoms with Crippen LogP contribution in [0.4, 0.5) is 0 Å². The topological polar surface area (TPSA) is 42.3 Å². The molecule has 0 aromatic carbocycles. The molecule has 0 saturated carbocycles. The highest BCUT2D eigenvalue weighted by Gasteiger charge is 2.27. The highest BCUT2D eigenvalue weighted by molar-refractivity contribution is 5.00. The third kappa shape index (κ3) is 4.04. The SMILES string of the molecule is CCCn1nccc1CNCC(C)(C)N1CCOCC1. The van der Waals surface area contributed by atoms with E-state index < -0.39 is 0 Å². The first kappa shape index (κ1) is 15.5. The van der Waals surface area contributed by atoms with Crippen molar-refractivity contribution in [1.82, 2.24) is 20.0 Å². The van der Waals surface area contributed by atoms with Crippen molar-refractivity contribution < 1.29 is 4.74 Å². The summed E-state index contributed by atoms with van der Waals surface area (Å²) in [6.45, 7) is 13.4. The first-order valence-corrected chi connectivity index (χ1v) is 7.67. The molecule has 0 radical (unpaired) electrons. The van der Waals surface area contributed by atoms with Crippen LogP contribution in [0.25, 0.3) is 0 Å². The average molecular weight is 280 g/mol. The maximum Gasteiger partial charge on any atom is 0.0594 e. The van der Waals surface area contributed by atoms with E-state index in [9.17, 15) is 0 Å². The zero-order chi connectivity index (χ0) is 14.4. The third-order valence-corrected chi connectivity index (χ3v) is 3.97. The van der Waals surface area contributed by atoms with Crippen molar-refractivity contribution in [3.8, 4) is 0 Å². The van der Waals surface area contributed by atoms with Crippen molar-refractivity contribution in [2.45, 2.75) is 45.8 Å². The molecule has 0 aliphatic carbocycles. The Bertz CT molecular complexity index is 396. The summed E-state index contributed by atoms with van der Waals surface area (Å²) in [5.74, 6) is 0. The fraction of sp³-hybridized carbons (Fsp3) is 0.800. The Hall–Kier alpha value is -0.910. The molecule has 1 aliphatic rings. The number of aryl methyl sites for hydroxylation is 1. The second-order valence-electron chi connectivity index (χ2n) is 6.06. The second-order valence-corrected chi connectivity index (χ2v) is 6.06. The van der Waals surface area contributed by atoms with Crippen molar-refractivity contribution in [2.75, 3.05) is 32.8 Å². The van der Waals surface area contributed by atoms with Gasteiger partial charge in [-0.3, -0.25) is 9.58 Å². The molecule has 2 rings (SSSR count). The van der Waals surface area contributed by atoms with Crippen LogP contribution >= 0.6 is 0 Å². The van der Waals surface area contributed by atoms with Crippen LogP contribution in [-0.2, 0) is 17.8 Å². The third-order valence-electron chi connectivity index (χ3n) is 3.97. The van der Waals surface area contributed by atoms with Gasteiger partial charge in [-0.2, -0.15) is 5.10 Å². The molecule has 0 unspecified atom stereocenters. The lowest BCUT2D eigenvalue weighted by Gasteiger charge is -2.41. The molecule has 0 bridgehead atoms. The molecule has 0 atom stereocenters. The predicted molar refractivity (Wildman–Crippen MR) is 80.7 cm³/mol. The summed E-state index contributed by atoms with van der Waals surface area (Å²) in [5.41, 5.74) is 1.43. The quantitative estimate of drug-likeness (QED) is 0.822. The van der Waals surface area contributed by atoms with Gasteiger partial charge in [0.05, 0.1) is 18.9 Å². The van der Waals surface area contributed by atoms with Gasteiger partial charge in [-0.25, -0.2) is 0 Å². The summed E-state index contributed by atoms with van der Waals surface area (Å²) in [4.78, 5) is 2.51. The molecule has 5 nitrogen and oxygen atoms in total. The van der Waals surface area contributed by atoms with Gasteiger partial charge in [-0.05, 0) is 26.3 Å². The minimum atomic E-state index is 0.166. The van der Waals surface area contributed by atoms with E-state index in [2.05, 4.69) is 46.8 Å². The number of hydrogen-bond acceptors (Lipinski definition) is 4. The predicted octanol–water partition coefficient (Wildman–Crippen LogP) is 1.49. The van der Waals surface area contributed by atoms with Crippen LogP contribution in [0.15, 0.2) is 12.3 Å². The van der Waals surface area contributed by atoms with Gasteiger partial charge >= 0.3 is 0 Å². The van der Waals surface area contributed by atoms with E-state index in [4.69, 9.17) is 4.74 Å². The first-order chi connectivity index (χ1) is 9.63. The van der Waals surface area contributed by atoms with Crippen molar-refractivity contribution in [2.24, 2.45) is 0 Å². The van der Waals surface area contributed by atoms with Gasteiger partial charge in [-0.1, -0.05) is 6.92 Å². The van der Waals surface area contributed by atoms with Crippen LogP contribution in [0.5, 0.6) is 0 Å². The molecule has 1 aromatic rings. The molecule has 114 valence electrons. The van der Waals surface area contributed by atoms with E-state index in [1.54, 1.807) is 0 Å². The normalized spacial score (nSPS) is 17.6. The van der Waals surface area contributed by atoms with Crippen LogP contribution in [0.3, 0.4) is 0 Å². The fourth-order valence-electron chi connectivity index (χ4n) is 2.70. The lowest BCUT2D eigenvalue weighted by Crippen LogP contribution is -2.54. The van der Waals surface area contributed by atoms with Crippen LogP contribution < -0.4 is 5.32 Å². The molecule has 20 heavy (non-hydrogen) atoms. The largest absolute Gasteiger partial charge is 0.379 e. The smallest absolute Gasteiger partial charge is 0.0594 e. The van der Waals surface area contributed by atoms with Gasteiger partial charge in [0.1, 0.15) is 0 Å². The lowest BCUT2D eigenvalue weighted by atomic mass is 10.0. The zero-order valence-corrected chi connectivity index (χ0v) is 13.1. The van der Waals surface area contributed by atoms with Gasteiger partial charge < -0.3 is 10.1 Å². The molecule has 5 heteroatoms. The van der Waals surface area contributed by atoms with E-state index in [1.807, 2.05) is 6.20 Å². The van der Waals surface area contributed by atoms with Crippen molar-refractivity contribution in [3.05, 3.63) is 18.0 Å². The van der Waals surface area contributed by atoms with Gasteiger partial charge in [0.15, 0.2) is 0 Å². The summed E-state index contributed by atoms with van der Waals surface area (Å²) in [5, 5.41) is 7.94. The summed E-state index contributed by atoms with van der Waals surface area (Å²) in [7, 11) is 0. The van der Waals surface area contributed by atoms with E-state index >= 15 is 0 Å². The minimum Gasteiger partial charge on any atom is -0.379 e. The Morgan fingerprint density at radius 1 is 1.35 bits per heavy atom. The summed E-state index contributed by atoms with van der Waals surface area (Å²) in [6, 6.07) is 2.10. The molecule has 1 fully saturated rings. The van der Waals surface area contributed by atoms with Gasteiger partial charge in [0.2, 0.25) is 0 Å². The average Bonchev–Trinajstić information content (AvgIpc) is 2.88. The molecule has 1 aliphatic heterocycles. The van der Waals surface area contributed by atoms with E-state index in [0.717, 1.165) is 52.4 Å². The van der Waals surface area contributed by atoms with Gasteiger partial charge in [0.25, 0.3) is 0 Å². The Labute approximate surface area is 122 Å². The van der Waals surface area contributed by atoms with Crippen molar-refractivity contribution in [1.29, 1.82) is 0 Å². The maximum atomic E-state index is 5.43. The standard InChI is InChI=1S/C15H28N4O/c1-4-7-19-14(5-6-17-19)12-16-13-15(2,3)18-8-10-20-11-9-18/h5-6,16H,4,7-13H2,1-3H3. The Balaban J connectivity index is 1.80. The summed E-state index contributed by atoms with van der Waals surface area (Å²) in [6.07, 6.45) is 3.01. The van der Waals surface area contributed by atoms with E-state index in [-0.39, 0.29) is 5.54 Å². The fourth-order valence-corrected chi connectivity index (χ4v) is 2.70. The number of morpholine rings is 1. The molecule has 1 aromatic heterocycles. The summed E-state index contributed by atoms with van der Waals surface area (Å²) >= 11 is 0. The molecule has 2 heterocycles. The number of rotatable bonds is 7. The molecule has 1 N–H and O–H groups in total. The Morgan fingerprint density at radius 2 is 2.10 bits per heavy atom. The lowest BCUT2D eigenvalue weighted by molar-refractivity contribution is -0.00971. The minimum absolute atomic E-state index is 0.166. The van der Waals surface area contributed by atoms with E-state index in [1.165, 1.54) is 5.69 Å². The molecule has 1 saturated heterocycles. The van der Waals surface area contributed by atoms with Crippen molar-refractivity contribution >= 4 is 0 Å². The number of aromatic nitrogens is 2. The van der Waals surface area contributed by atoms with Crippen LogP contribution in [0.2, 0.25) is 0 Å². The van der Waals surface area contributed by atoms with E-state index in [0.29, 0.717) is 0 Å². The molecular weight excluding hydrogens is 252 g/mol. The molecular formula is C15H28N4O. The number of nitrogens with one attached hydrogen (secondary N) is 1. The number of ether oxygens (including phenoxy) is 1. The van der Waals surface area contributed by atoms with Crippen LogP contribution in [-0.4, -0.2) is 53.1 Å². The molecule has 0 amide bonds. The highest BCUT2D eigenvalue weighted by atomic mass is 16.5. The van der Waals surface area contributed by atoms with Crippen LogP contribution in [0.1, 0.15) is 32.9 Å².